The highest BCUT2D eigenvalue weighted by Gasteiger charge is 2.42. The Morgan fingerprint density at radius 3 is 2.43 bits per heavy atom. The van der Waals surface area contributed by atoms with Crippen LogP contribution in [0, 0.1) is 0 Å². The van der Waals surface area contributed by atoms with Crippen molar-refractivity contribution in [2.24, 2.45) is 0 Å². The first-order valence-electron chi connectivity index (χ1n) is 10.7. The van der Waals surface area contributed by atoms with Crippen molar-refractivity contribution in [3.63, 3.8) is 0 Å². The third kappa shape index (κ3) is 4.60. The van der Waals surface area contributed by atoms with E-state index >= 15 is 0 Å². The molecule has 9 heteroatoms. The van der Waals surface area contributed by atoms with Gasteiger partial charge in [0.1, 0.15) is 10.9 Å². The number of carbonyl (C=O) groups is 3. The maximum absolute atomic E-state index is 13.5. The van der Waals surface area contributed by atoms with Crippen molar-refractivity contribution in [2.75, 3.05) is 16.8 Å². The molecule has 0 unspecified atom stereocenters. The summed E-state index contributed by atoms with van der Waals surface area (Å²) in [6.07, 6.45) is 0. The molecule has 3 aromatic carbocycles. The molecular formula is C26H18ClN3O3S2. The quantitative estimate of drug-likeness (QED) is 0.375. The van der Waals surface area contributed by atoms with E-state index in [2.05, 4.69) is 5.32 Å². The summed E-state index contributed by atoms with van der Waals surface area (Å²) in [6, 6.07) is 23.4. The van der Waals surface area contributed by atoms with E-state index < -0.39 is 5.91 Å². The van der Waals surface area contributed by atoms with Gasteiger partial charge in [0, 0.05) is 16.3 Å². The predicted molar refractivity (Wildman–Crippen MR) is 143 cm³/mol. The van der Waals surface area contributed by atoms with Gasteiger partial charge < -0.3 is 5.32 Å². The predicted octanol–water partition coefficient (Wildman–Crippen LogP) is 5.10. The van der Waals surface area contributed by atoms with Crippen LogP contribution < -0.4 is 10.2 Å². The van der Waals surface area contributed by atoms with E-state index in [0.29, 0.717) is 32.8 Å². The SMILES string of the molecule is O=C(CN1C(=O)/C(=C2/SC(=S)N(Cc3ccccc3)C2=O)c2ccccc21)Nc1cccc(Cl)c1. The van der Waals surface area contributed by atoms with Gasteiger partial charge in [0.15, 0.2) is 0 Å². The molecule has 2 aliphatic heterocycles. The summed E-state index contributed by atoms with van der Waals surface area (Å²) >= 11 is 12.6. The van der Waals surface area contributed by atoms with E-state index in [9.17, 15) is 14.4 Å². The Kier molecular flexibility index (Phi) is 6.42. The number of para-hydroxylation sites is 1. The molecule has 174 valence electrons. The number of benzene rings is 3. The number of fused-ring (bicyclic) bond motifs is 1. The van der Waals surface area contributed by atoms with Crippen molar-refractivity contribution < 1.29 is 14.4 Å². The number of carbonyl (C=O) groups excluding carboxylic acids is 3. The van der Waals surface area contributed by atoms with E-state index in [1.165, 1.54) is 9.80 Å². The van der Waals surface area contributed by atoms with Crippen molar-refractivity contribution in [1.82, 2.24) is 4.90 Å². The minimum atomic E-state index is -0.410. The van der Waals surface area contributed by atoms with Crippen LogP contribution in [-0.4, -0.2) is 33.5 Å². The highest BCUT2D eigenvalue weighted by molar-refractivity contribution is 8.26. The van der Waals surface area contributed by atoms with Crippen molar-refractivity contribution in [1.29, 1.82) is 0 Å². The van der Waals surface area contributed by atoms with Crippen LogP contribution in [-0.2, 0) is 20.9 Å². The van der Waals surface area contributed by atoms with Gasteiger partial charge in [-0.15, -0.1) is 0 Å². The van der Waals surface area contributed by atoms with Crippen LogP contribution in [0.4, 0.5) is 11.4 Å². The lowest BCUT2D eigenvalue weighted by Gasteiger charge is -2.17. The molecule has 1 fully saturated rings. The highest BCUT2D eigenvalue weighted by atomic mass is 35.5. The number of anilines is 2. The minimum absolute atomic E-state index is 0.212. The van der Waals surface area contributed by atoms with Gasteiger partial charge in [0.05, 0.1) is 22.7 Å². The average Bonchev–Trinajstić information content (AvgIpc) is 3.27. The highest BCUT2D eigenvalue weighted by Crippen LogP contribution is 2.44. The second-order valence-electron chi connectivity index (χ2n) is 7.92. The summed E-state index contributed by atoms with van der Waals surface area (Å²) in [6.45, 7) is 0.111. The Bertz CT molecular complexity index is 1410. The van der Waals surface area contributed by atoms with E-state index in [0.717, 1.165) is 17.3 Å². The number of amides is 3. The van der Waals surface area contributed by atoms with Gasteiger partial charge >= 0.3 is 0 Å². The number of halogens is 1. The molecular weight excluding hydrogens is 502 g/mol. The molecule has 0 bridgehead atoms. The van der Waals surface area contributed by atoms with Gasteiger partial charge in [0.2, 0.25) is 5.91 Å². The maximum atomic E-state index is 13.5. The Labute approximate surface area is 216 Å². The fraction of sp³-hybridized carbons (Fsp3) is 0.0769. The van der Waals surface area contributed by atoms with Crippen LogP contribution in [0.2, 0.25) is 5.02 Å². The van der Waals surface area contributed by atoms with E-state index in [1.54, 1.807) is 48.5 Å². The standard InChI is InChI=1S/C26H18ClN3O3S2/c27-17-9-6-10-18(13-17)28-21(31)15-29-20-12-5-4-11-19(20)22(24(29)32)23-25(33)30(26(34)35-23)14-16-7-2-1-3-8-16/h1-13H,14-15H2,(H,28,31)/b23-22+. The lowest BCUT2D eigenvalue weighted by atomic mass is 10.1. The molecule has 2 aliphatic rings. The molecule has 2 heterocycles. The normalized spacial score (nSPS) is 17.2. The largest absolute Gasteiger partial charge is 0.324 e. The third-order valence-corrected chi connectivity index (χ3v) is 7.28. The van der Waals surface area contributed by atoms with Gasteiger partial charge in [-0.25, -0.2) is 0 Å². The molecule has 3 aromatic rings. The van der Waals surface area contributed by atoms with Crippen molar-refractivity contribution >= 4 is 74.6 Å². The molecule has 1 N–H and O–H groups in total. The van der Waals surface area contributed by atoms with Crippen LogP contribution in [0.5, 0.6) is 0 Å². The van der Waals surface area contributed by atoms with E-state index in [-0.39, 0.29) is 28.8 Å². The fourth-order valence-corrected chi connectivity index (χ4v) is 5.54. The Morgan fingerprint density at radius 1 is 0.914 bits per heavy atom. The van der Waals surface area contributed by atoms with Crippen molar-refractivity contribution in [3.05, 3.63) is 99.9 Å². The van der Waals surface area contributed by atoms with Gasteiger partial charge in [-0.05, 0) is 29.8 Å². The lowest BCUT2D eigenvalue weighted by Crippen LogP contribution is -2.35. The number of thioether (sulfide) groups is 1. The molecule has 1 saturated heterocycles. The summed E-state index contributed by atoms with van der Waals surface area (Å²) < 4.78 is 0.392. The average molecular weight is 520 g/mol. The van der Waals surface area contributed by atoms with Crippen molar-refractivity contribution in [2.45, 2.75) is 6.54 Å². The Hall–Kier alpha value is -3.46. The summed E-state index contributed by atoms with van der Waals surface area (Å²) in [7, 11) is 0. The number of hydrogen-bond donors (Lipinski definition) is 1. The van der Waals surface area contributed by atoms with E-state index in [4.69, 9.17) is 23.8 Å². The van der Waals surface area contributed by atoms with Crippen LogP contribution in [0.3, 0.4) is 0 Å². The summed E-state index contributed by atoms with van der Waals surface area (Å²) in [4.78, 5) is 42.8. The molecule has 35 heavy (non-hydrogen) atoms. The zero-order chi connectivity index (χ0) is 24.5. The minimum Gasteiger partial charge on any atom is -0.324 e. The number of thiocarbonyl (C=S) groups is 1. The second-order valence-corrected chi connectivity index (χ2v) is 10.00. The number of rotatable bonds is 5. The molecule has 0 aliphatic carbocycles. The molecule has 0 radical (unpaired) electrons. The zero-order valence-corrected chi connectivity index (χ0v) is 20.6. The molecule has 0 saturated carbocycles. The molecule has 0 aromatic heterocycles. The van der Waals surface area contributed by atoms with Gasteiger partial charge in [0.25, 0.3) is 11.8 Å². The monoisotopic (exact) mass is 519 g/mol. The van der Waals surface area contributed by atoms with E-state index in [1.807, 2.05) is 30.3 Å². The summed E-state index contributed by atoms with van der Waals surface area (Å²) in [5, 5.41) is 3.25. The van der Waals surface area contributed by atoms with Gasteiger partial charge in [-0.2, -0.15) is 0 Å². The number of nitrogens with one attached hydrogen (secondary N) is 1. The van der Waals surface area contributed by atoms with Crippen LogP contribution in [0.1, 0.15) is 11.1 Å². The smallest absolute Gasteiger partial charge is 0.267 e. The molecule has 0 spiro atoms. The third-order valence-electron chi connectivity index (χ3n) is 5.59. The Morgan fingerprint density at radius 2 is 1.66 bits per heavy atom. The zero-order valence-electron chi connectivity index (χ0n) is 18.2. The molecule has 6 nitrogen and oxygen atoms in total. The number of hydrogen-bond acceptors (Lipinski definition) is 5. The second kappa shape index (κ2) is 9.65. The molecule has 0 atom stereocenters. The fourth-order valence-electron chi connectivity index (χ4n) is 4.02. The maximum Gasteiger partial charge on any atom is 0.267 e. The number of nitrogens with zero attached hydrogens (tertiary/aromatic N) is 2. The van der Waals surface area contributed by atoms with Crippen molar-refractivity contribution in [3.8, 4) is 0 Å². The first kappa shape index (κ1) is 23.3. The lowest BCUT2D eigenvalue weighted by molar-refractivity contribution is -0.122. The van der Waals surface area contributed by atoms with Crippen LogP contribution in [0.15, 0.2) is 83.8 Å². The first-order chi connectivity index (χ1) is 16.9. The first-order valence-corrected chi connectivity index (χ1v) is 12.3. The van der Waals surface area contributed by atoms with Gasteiger partial charge in [-0.3, -0.25) is 24.2 Å². The summed E-state index contributed by atoms with van der Waals surface area (Å²) in [5.74, 6) is -1.10. The van der Waals surface area contributed by atoms with Crippen LogP contribution >= 0.6 is 35.6 Å². The molecule has 3 amide bonds. The van der Waals surface area contributed by atoms with Gasteiger partial charge in [-0.1, -0.05) is 90.2 Å². The Balaban J connectivity index is 1.43. The topological polar surface area (TPSA) is 69.7 Å². The van der Waals surface area contributed by atoms with Crippen LogP contribution in [0.25, 0.3) is 5.57 Å². The summed E-state index contributed by atoms with van der Waals surface area (Å²) in [5.41, 5.74) is 2.91. The molecule has 5 rings (SSSR count).